The average Bonchev–Trinajstić information content (AvgIpc) is 3.42. The highest BCUT2D eigenvalue weighted by atomic mass is 16.8. The standard InChI is InChI=1S/C57H103NO18/c1-3-5-7-9-11-13-15-17-18-19-20-21-22-23-25-27-29-31-33-35-45(63)58-40(41(62)34-32-30-28-26-24-16-14-12-10-8-6-4-2)39-71-55-51(69)48(66)53(43(37-60)73-55)76-57-52(70)49(67)54(44(38-61)74-57)75-56-50(68)47(65)46(64)42(36-59)72-56/h17-18,24,26,32,34,40-44,46-57,59-62,64-70H,3-16,19-23,25,27-31,33,35-39H2,1-2H3,(H,58,63)/b18-17-,26-24+,34-32+. The average molecular weight is 1090 g/mol. The van der Waals surface area contributed by atoms with Crippen LogP contribution in [0.25, 0.3) is 0 Å². The third-order valence-electron chi connectivity index (χ3n) is 14.7. The van der Waals surface area contributed by atoms with E-state index in [-0.39, 0.29) is 18.9 Å². The summed E-state index contributed by atoms with van der Waals surface area (Å²) in [6.07, 6.45) is 15.6. The lowest BCUT2D eigenvalue weighted by Gasteiger charge is -2.48. The lowest BCUT2D eigenvalue weighted by molar-refractivity contribution is -0.379. The summed E-state index contributed by atoms with van der Waals surface area (Å²) in [6.45, 7) is 1.66. The third kappa shape index (κ3) is 25.2. The molecule has 3 heterocycles. The van der Waals surface area contributed by atoms with Crippen molar-refractivity contribution >= 4 is 5.91 Å². The van der Waals surface area contributed by atoms with Gasteiger partial charge in [-0.1, -0.05) is 159 Å². The highest BCUT2D eigenvalue weighted by Gasteiger charge is 2.53. The van der Waals surface area contributed by atoms with Gasteiger partial charge in [0.05, 0.1) is 38.6 Å². The zero-order valence-corrected chi connectivity index (χ0v) is 46.0. The maximum Gasteiger partial charge on any atom is 0.220 e. The second kappa shape index (κ2) is 41.1. The molecule has 0 bridgehead atoms. The Morgan fingerprint density at radius 3 is 1.32 bits per heavy atom. The molecule has 19 heteroatoms. The molecule has 0 radical (unpaired) electrons. The van der Waals surface area contributed by atoms with Crippen LogP contribution in [0.3, 0.4) is 0 Å². The lowest BCUT2D eigenvalue weighted by Crippen LogP contribution is -2.66. The first-order valence-electron chi connectivity index (χ1n) is 29.2. The van der Waals surface area contributed by atoms with Crippen molar-refractivity contribution in [2.75, 3.05) is 26.4 Å². The van der Waals surface area contributed by atoms with Crippen molar-refractivity contribution < 1.29 is 89.4 Å². The molecule has 0 aromatic heterocycles. The van der Waals surface area contributed by atoms with Gasteiger partial charge in [-0.3, -0.25) is 4.79 Å². The van der Waals surface area contributed by atoms with Crippen LogP contribution in [-0.4, -0.2) is 193 Å². The van der Waals surface area contributed by atoms with Crippen LogP contribution in [0.1, 0.15) is 187 Å². The maximum absolute atomic E-state index is 13.3. The van der Waals surface area contributed by atoms with E-state index in [4.69, 9.17) is 28.4 Å². The van der Waals surface area contributed by atoms with Gasteiger partial charge in [-0.15, -0.1) is 0 Å². The van der Waals surface area contributed by atoms with Crippen molar-refractivity contribution in [1.82, 2.24) is 5.32 Å². The van der Waals surface area contributed by atoms with Crippen molar-refractivity contribution in [3.8, 4) is 0 Å². The molecule has 19 nitrogen and oxygen atoms in total. The van der Waals surface area contributed by atoms with E-state index in [1.165, 1.54) is 103 Å². The van der Waals surface area contributed by atoms with E-state index in [1.807, 2.05) is 6.08 Å². The van der Waals surface area contributed by atoms with E-state index < -0.39 is 124 Å². The van der Waals surface area contributed by atoms with Crippen LogP contribution in [0, 0.1) is 0 Å². The van der Waals surface area contributed by atoms with Crippen LogP contribution in [0.2, 0.25) is 0 Å². The van der Waals surface area contributed by atoms with E-state index in [2.05, 4.69) is 43.5 Å². The Morgan fingerprint density at radius 1 is 0.461 bits per heavy atom. The number of hydrogen-bond donors (Lipinski definition) is 12. The molecule has 76 heavy (non-hydrogen) atoms. The number of allylic oxidation sites excluding steroid dienone is 5. The van der Waals surface area contributed by atoms with Crippen LogP contribution in [-0.2, 0) is 33.2 Å². The van der Waals surface area contributed by atoms with Gasteiger partial charge in [0.1, 0.15) is 73.2 Å². The fourth-order valence-corrected chi connectivity index (χ4v) is 9.79. The molecule has 3 rings (SSSR count). The summed E-state index contributed by atoms with van der Waals surface area (Å²) >= 11 is 0. The summed E-state index contributed by atoms with van der Waals surface area (Å²) in [4.78, 5) is 13.3. The number of aliphatic hydroxyl groups is 11. The first kappa shape index (κ1) is 68.3. The quantitative estimate of drug-likeness (QED) is 0.0295. The summed E-state index contributed by atoms with van der Waals surface area (Å²) in [5.74, 6) is -0.290. The van der Waals surface area contributed by atoms with E-state index in [0.29, 0.717) is 12.8 Å². The van der Waals surface area contributed by atoms with Gasteiger partial charge in [-0.05, 0) is 57.8 Å². The van der Waals surface area contributed by atoms with Crippen LogP contribution in [0.15, 0.2) is 36.5 Å². The van der Waals surface area contributed by atoms with Crippen molar-refractivity contribution in [2.45, 2.75) is 291 Å². The largest absolute Gasteiger partial charge is 0.394 e. The van der Waals surface area contributed by atoms with Crippen LogP contribution < -0.4 is 5.32 Å². The first-order valence-corrected chi connectivity index (χ1v) is 29.2. The zero-order chi connectivity index (χ0) is 55.5. The minimum atomic E-state index is -1.98. The van der Waals surface area contributed by atoms with E-state index in [1.54, 1.807) is 6.08 Å². The molecular weight excluding hydrogens is 987 g/mol. The molecule has 12 N–H and O–H groups in total. The molecule has 0 spiro atoms. The van der Waals surface area contributed by atoms with Crippen LogP contribution >= 0.6 is 0 Å². The predicted molar refractivity (Wildman–Crippen MR) is 286 cm³/mol. The van der Waals surface area contributed by atoms with Crippen molar-refractivity contribution in [3.05, 3.63) is 36.5 Å². The monoisotopic (exact) mass is 1090 g/mol. The molecule has 0 saturated carbocycles. The number of aliphatic hydroxyl groups excluding tert-OH is 11. The Balaban J connectivity index is 1.51. The second-order valence-corrected chi connectivity index (χ2v) is 21.1. The molecule has 17 atom stereocenters. The summed E-state index contributed by atoms with van der Waals surface area (Å²) in [7, 11) is 0. The normalized spacial score (nSPS) is 31.2. The second-order valence-electron chi connectivity index (χ2n) is 21.1. The molecule has 0 aliphatic carbocycles. The van der Waals surface area contributed by atoms with Gasteiger partial charge in [0, 0.05) is 6.42 Å². The molecule has 1 amide bonds. The number of rotatable bonds is 42. The molecule has 3 aliphatic heterocycles. The van der Waals surface area contributed by atoms with Crippen LogP contribution in [0.5, 0.6) is 0 Å². The molecular formula is C57H103NO18. The summed E-state index contributed by atoms with van der Waals surface area (Å²) in [5.41, 5.74) is 0. The van der Waals surface area contributed by atoms with Crippen molar-refractivity contribution in [1.29, 1.82) is 0 Å². The minimum Gasteiger partial charge on any atom is -0.394 e. The summed E-state index contributed by atoms with van der Waals surface area (Å²) in [5, 5.41) is 120. The maximum atomic E-state index is 13.3. The molecule has 3 aliphatic rings. The van der Waals surface area contributed by atoms with Gasteiger partial charge in [-0.25, -0.2) is 0 Å². The summed E-state index contributed by atoms with van der Waals surface area (Å²) in [6, 6.07) is -0.988. The lowest BCUT2D eigenvalue weighted by atomic mass is 9.96. The van der Waals surface area contributed by atoms with Gasteiger partial charge in [0.2, 0.25) is 5.91 Å². The smallest absolute Gasteiger partial charge is 0.220 e. The number of ether oxygens (including phenoxy) is 6. The topological polar surface area (TPSA) is 307 Å². The van der Waals surface area contributed by atoms with Gasteiger partial charge in [0.15, 0.2) is 18.9 Å². The number of carbonyl (C=O) groups is 1. The number of carbonyl (C=O) groups excluding carboxylic acids is 1. The van der Waals surface area contributed by atoms with E-state index in [9.17, 15) is 61.0 Å². The number of hydrogen-bond acceptors (Lipinski definition) is 18. The number of nitrogens with one attached hydrogen (secondary N) is 1. The highest BCUT2D eigenvalue weighted by molar-refractivity contribution is 5.76. The fourth-order valence-electron chi connectivity index (χ4n) is 9.79. The fraction of sp³-hybridized carbons (Fsp3) is 0.877. The Morgan fingerprint density at radius 2 is 0.842 bits per heavy atom. The van der Waals surface area contributed by atoms with Gasteiger partial charge in [0.25, 0.3) is 0 Å². The highest BCUT2D eigenvalue weighted by Crippen LogP contribution is 2.33. The van der Waals surface area contributed by atoms with Gasteiger partial charge < -0.3 is 89.9 Å². The molecule has 3 fully saturated rings. The molecule has 0 aromatic carbocycles. The summed E-state index contributed by atoms with van der Waals surface area (Å²) < 4.78 is 34.2. The van der Waals surface area contributed by atoms with Crippen LogP contribution in [0.4, 0.5) is 0 Å². The Kier molecular flexibility index (Phi) is 36.9. The predicted octanol–water partition coefficient (Wildman–Crippen LogP) is 4.54. The first-order chi connectivity index (χ1) is 36.8. The molecule has 17 unspecified atom stereocenters. The van der Waals surface area contributed by atoms with Crippen molar-refractivity contribution in [2.24, 2.45) is 0 Å². The van der Waals surface area contributed by atoms with E-state index in [0.717, 1.165) is 51.4 Å². The Hall–Kier alpha value is -1.99. The third-order valence-corrected chi connectivity index (χ3v) is 14.7. The van der Waals surface area contributed by atoms with E-state index >= 15 is 0 Å². The number of amides is 1. The van der Waals surface area contributed by atoms with Gasteiger partial charge >= 0.3 is 0 Å². The molecule has 0 aromatic rings. The zero-order valence-electron chi connectivity index (χ0n) is 46.0. The van der Waals surface area contributed by atoms with Crippen molar-refractivity contribution in [3.63, 3.8) is 0 Å². The van der Waals surface area contributed by atoms with Gasteiger partial charge in [-0.2, -0.15) is 0 Å². The molecule has 444 valence electrons. The minimum absolute atomic E-state index is 0.233. The Labute approximate surface area is 453 Å². The SMILES string of the molecule is CCCCCCCC/C=C\CCCCCCCCCCCC(=O)NC(COC1OC(CO)C(OC2OC(CO)C(OC3OC(CO)C(O)C(O)C3O)C(O)C2O)C(O)C1O)C(O)/C=C/CC/C=C/CCCCCCCC. The Bertz CT molecular complexity index is 1540. The molecule has 3 saturated heterocycles. The number of unbranched alkanes of at least 4 members (excludes halogenated alkanes) is 22.